The molecule has 1 amide bonds. The maximum absolute atomic E-state index is 13.4. The summed E-state index contributed by atoms with van der Waals surface area (Å²) in [5.74, 6) is -0.170. The van der Waals surface area contributed by atoms with Crippen molar-refractivity contribution in [1.29, 1.82) is 5.26 Å². The second kappa shape index (κ2) is 9.59. The van der Waals surface area contributed by atoms with Crippen LogP contribution in [0.3, 0.4) is 0 Å². The average molecular weight is 498 g/mol. The van der Waals surface area contributed by atoms with E-state index in [-0.39, 0.29) is 18.1 Å². The summed E-state index contributed by atoms with van der Waals surface area (Å²) in [4.78, 5) is 28.1. The minimum Gasteiger partial charge on any atom is -0.507 e. The number of fused-ring (bicyclic) bond motifs is 1. The lowest BCUT2D eigenvalue weighted by atomic mass is 9.94. The van der Waals surface area contributed by atoms with Crippen LogP contribution in [0.1, 0.15) is 29.7 Å². The van der Waals surface area contributed by atoms with Crippen LogP contribution in [-0.4, -0.2) is 37.3 Å². The van der Waals surface area contributed by atoms with Crippen molar-refractivity contribution in [3.05, 3.63) is 82.9 Å². The van der Waals surface area contributed by atoms with E-state index in [0.717, 1.165) is 0 Å². The van der Waals surface area contributed by atoms with Gasteiger partial charge in [-0.15, -0.1) is 0 Å². The van der Waals surface area contributed by atoms with Gasteiger partial charge >= 0.3 is 0 Å². The number of carbonyl (C=O) groups excluding carboxylic acids is 2. The molecule has 2 aliphatic rings. The molecule has 3 aromatic rings. The number of aliphatic hydroxyl groups excluding tert-OH is 1. The van der Waals surface area contributed by atoms with Crippen LogP contribution in [0, 0.1) is 11.3 Å². The average Bonchev–Trinajstić information content (AvgIpc) is 3.50. The second-order valence-electron chi connectivity index (χ2n) is 8.24. The molecular formula is C28H22N2O7. The lowest BCUT2D eigenvalue weighted by Gasteiger charge is -2.26. The van der Waals surface area contributed by atoms with E-state index in [1.165, 1.54) is 12.0 Å². The molecule has 1 saturated heterocycles. The van der Waals surface area contributed by atoms with Gasteiger partial charge in [0.1, 0.15) is 5.76 Å². The van der Waals surface area contributed by atoms with Crippen LogP contribution >= 0.6 is 0 Å². The fourth-order valence-corrected chi connectivity index (χ4v) is 4.44. The van der Waals surface area contributed by atoms with E-state index in [4.69, 9.17) is 18.9 Å². The fourth-order valence-electron chi connectivity index (χ4n) is 4.44. The fraction of sp³-hybridized carbons (Fsp3) is 0.179. The van der Waals surface area contributed by atoms with E-state index in [1.807, 2.05) is 13.0 Å². The summed E-state index contributed by atoms with van der Waals surface area (Å²) in [5, 5.41) is 20.6. The van der Waals surface area contributed by atoms with Crippen LogP contribution in [-0.2, 0) is 9.59 Å². The maximum Gasteiger partial charge on any atom is 0.300 e. The van der Waals surface area contributed by atoms with Gasteiger partial charge in [-0.05, 0) is 67.1 Å². The number of amides is 1. The number of benzene rings is 3. The number of nitriles is 1. The van der Waals surface area contributed by atoms with E-state index in [0.29, 0.717) is 52.0 Å². The van der Waals surface area contributed by atoms with Gasteiger partial charge in [0.15, 0.2) is 23.0 Å². The highest BCUT2D eigenvalue weighted by Gasteiger charge is 2.47. The first-order valence-corrected chi connectivity index (χ1v) is 11.5. The normalized spacial score (nSPS) is 17.5. The Bertz CT molecular complexity index is 1470. The molecule has 1 unspecified atom stereocenters. The number of anilines is 1. The molecule has 0 saturated carbocycles. The van der Waals surface area contributed by atoms with Crippen molar-refractivity contribution in [2.75, 3.05) is 25.4 Å². The molecule has 9 heteroatoms. The highest BCUT2D eigenvalue weighted by Crippen LogP contribution is 2.45. The first kappa shape index (κ1) is 23.8. The molecule has 2 heterocycles. The molecule has 1 N–H and O–H groups in total. The molecule has 1 atom stereocenters. The van der Waals surface area contributed by atoms with Crippen molar-refractivity contribution in [3.8, 4) is 29.1 Å². The lowest BCUT2D eigenvalue weighted by molar-refractivity contribution is -0.132. The summed E-state index contributed by atoms with van der Waals surface area (Å²) >= 11 is 0. The SMILES string of the molecule is CCOc1cc(C2/C(=C(\O)c3ccc4c(c3)OCO4)C(=O)C(=O)N2c2ccc(C#N)cc2)ccc1OC. The van der Waals surface area contributed by atoms with E-state index < -0.39 is 17.7 Å². The summed E-state index contributed by atoms with van der Waals surface area (Å²) in [6.45, 7) is 2.25. The highest BCUT2D eigenvalue weighted by atomic mass is 16.7. The summed E-state index contributed by atoms with van der Waals surface area (Å²) in [6, 6.07) is 17.2. The number of carbonyl (C=O) groups is 2. The number of methoxy groups -OCH3 is 1. The van der Waals surface area contributed by atoms with Crippen molar-refractivity contribution in [2.24, 2.45) is 0 Å². The van der Waals surface area contributed by atoms with Gasteiger partial charge in [-0.3, -0.25) is 14.5 Å². The van der Waals surface area contributed by atoms with Crippen LogP contribution in [0.25, 0.3) is 5.76 Å². The number of nitrogens with zero attached hydrogens (tertiary/aromatic N) is 2. The van der Waals surface area contributed by atoms with E-state index >= 15 is 0 Å². The van der Waals surface area contributed by atoms with Crippen molar-refractivity contribution < 1.29 is 33.6 Å². The molecule has 1 fully saturated rings. The van der Waals surface area contributed by atoms with Crippen LogP contribution in [0.2, 0.25) is 0 Å². The van der Waals surface area contributed by atoms with E-state index in [2.05, 4.69) is 0 Å². The van der Waals surface area contributed by atoms with Gasteiger partial charge in [0, 0.05) is 11.3 Å². The maximum atomic E-state index is 13.4. The van der Waals surface area contributed by atoms with Gasteiger partial charge in [-0.25, -0.2) is 0 Å². The number of hydrogen-bond acceptors (Lipinski definition) is 8. The van der Waals surface area contributed by atoms with Crippen LogP contribution in [0.4, 0.5) is 5.69 Å². The lowest BCUT2D eigenvalue weighted by Crippen LogP contribution is -2.29. The van der Waals surface area contributed by atoms with E-state index in [9.17, 15) is 20.0 Å². The summed E-state index contributed by atoms with van der Waals surface area (Å²) in [5.41, 5.74) is 1.52. The van der Waals surface area contributed by atoms with Gasteiger partial charge in [0.05, 0.1) is 37.0 Å². The van der Waals surface area contributed by atoms with E-state index in [1.54, 1.807) is 60.7 Å². The molecule has 186 valence electrons. The first-order chi connectivity index (χ1) is 18.0. The third kappa shape index (κ3) is 4.08. The summed E-state index contributed by atoms with van der Waals surface area (Å²) < 4.78 is 21.9. The minimum absolute atomic E-state index is 0.0503. The molecule has 0 aliphatic carbocycles. The largest absolute Gasteiger partial charge is 0.507 e. The Morgan fingerprint density at radius 3 is 2.51 bits per heavy atom. The number of hydrogen-bond donors (Lipinski definition) is 1. The standard InChI is InChI=1S/C28H22N2O7/c1-3-35-22-12-17(6-10-20(22)34-2)25-24(26(31)18-7-11-21-23(13-18)37-15-36-21)27(32)28(33)30(25)19-8-4-16(14-29)5-9-19/h4-13,25,31H,3,15H2,1-2H3/b26-24+. The smallest absolute Gasteiger partial charge is 0.300 e. The number of aliphatic hydroxyl groups is 1. The topological polar surface area (TPSA) is 118 Å². The quantitative estimate of drug-likeness (QED) is 0.303. The third-order valence-corrected chi connectivity index (χ3v) is 6.17. The van der Waals surface area contributed by atoms with Gasteiger partial charge in [-0.1, -0.05) is 6.07 Å². The van der Waals surface area contributed by atoms with Crippen molar-refractivity contribution in [2.45, 2.75) is 13.0 Å². The second-order valence-corrected chi connectivity index (χ2v) is 8.24. The van der Waals surface area contributed by atoms with Crippen LogP contribution < -0.4 is 23.8 Å². The Kier molecular flexibility index (Phi) is 6.15. The monoisotopic (exact) mass is 498 g/mol. The Labute approximate surface area is 212 Å². The van der Waals surface area contributed by atoms with Crippen molar-refractivity contribution >= 4 is 23.1 Å². The Balaban J connectivity index is 1.71. The zero-order chi connectivity index (χ0) is 26.1. The van der Waals surface area contributed by atoms with Gasteiger partial charge in [0.2, 0.25) is 6.79 Å². The molecule has 0 radical (unpaired) electrons. The van der Waals surface area contributed by atoms with Crippen LogP contribution in [0.15, 0.2) is 66.2 Å². The molecule has 0 aromatic heterocycles. The van der Waals surface area contributed by atoms with Crippen molar-refractivity contribution in [3.63, 3.8) is 0 Å². The number of ketones is 1. The zero-order valence-corrected chi connectivity index (χ0v) is 20.1. The molecular weight excluding hydrogens is 476 g/mol. The molecule has 37 heavy (non-hydrogen) atoms. The number of rotatable bonds is 6. The Morgan fingerprint density at radius 2 is 1.81 bits per heavy atom. The molecule has 2 aliphatic heterocycles. The summed E-state index contributed by atoms with van der Waals surface area (Å²) in [6.07, 6.45) is 0. The van der Waals surface area contributed by atoms with Gasteiger partial charge < -0.3 is 24.1 Å². The zero-order valence-electron chi connectivity index (χ0n) is 20.1. The summed E-state index contributed by atoms with van der Waals surface area (Å²) in [7, 11) is 1.51. The highest BCUT2D eigenvalue weighted by molar-refractivity contribution is 6.51. The number of ether oxygens (including phenoxy) is 4. The molecule has 0 spiro atoms. The Hall–Kier alpha value is -4.97. The molecule has 9 nitrogen and oxygen atoms in total. The van der Waals surface area contributed by atoms with Crippen LogP contribution in [0.5, 0.6) is 23.0 Å². The predicted octanol–water partition coefficient (Wildman–Crippen LogP) is 4.32. The number of Topliss-reactive ketones (excluding diaryl/α,β-unsaturated/α-hetero) is 1. The molecule has 3 aromatic carbocycles. The Morgan fingerprint density at radius 1 is 1.05 bits per heavy atom. The molecule has 5 rings (SSSR count). The molecule has 0 bridgehead atoms. The first-order valence-electron chi connectivity index (χ1n) is 11.5. The third-order valence-electron chi connectivity index (χ3n) is 6.17. The minimum atomic E-state index is -0.983. The predicted molar refractivity (Wildman–Crippen MR) is 133 cm³/mol. The van der Waals surface area contributed by atoms with Crippen molar-refractivity contribution in [1.82, 2.24) is 0 Å². The van der Waals surface area contributed by atoms with Gasteiger partial charge in [-0.2, -0.15) is 5.26 Å². The van der Waals surface area contributed by atoms with Gasteiger partial charge in [0.25, 0.3) is 11.7 Å².